The molecule has 2 fully saturated rings. The molecular formula is C24H27Cl2NO. The van der Waals surface area contributed by atoms with Crippen LogP contribution in [-0.2, 0) is 4.79 Å². The van der Waals surface area contributed by atoms with E-state index in [2.05, 4.69) is 56.4 Å². The van der Waals surface area contributed by atoms with E-state index in [0.29, 0.717) is 0 Å². The summed E-state index contributed by atoms with van der Waals surface area (Å²) in [6, 6.07) is 14.7. The molecule has 1 N–H and O–H groups in total. The van der Waals surface area contributed by atoms with Gasteiger partial charge in [-0.1, -0.05) is 54.4 Å². The molecule has 148 valence electrons. The molecule has 2 aliphatic rings. The topological polar surface area (TPSA) is 29.1 Å². The molecule has 0 bridgehead atoms. The Hall–Kier alpha value is -1.51. The van der Waals surface area contributed by atoms with Crippen molar-refractivity contribution in [1.82, 2.24) is 5.32 Å². The molecule has 1 aliphatic carbocycles. The van der Waals surface area contributed by atoms with E-state index in [1.807, 2.05) is 12.1 Å². The summed E-state index contributed by atoms with van der Waals surface area (Å²) in [6.45, 7) is 6.38. The van der Waals surface area contributed by atoms with Gasteiger partial charge in [0, 0.05) is 22.0 Å². The minimum Gasteiger partial charge on any atom is -0.353 e. The zero-order valence-electron chi connectivity index (χ0n) is 16.6. The van der Waals surface area contributed by atoms with E-state index in [0.717, 1.165) is 29.3 Å². The highest BCUT2D eigenvalue weighted by atomic mass is 35.5. The van der Waals surface area contributed by atoms with E-state index < -0.39 is 0 Å². The van der Waals surface area contributed by atoms with Gasteiger partial charge in [-0.2, -0.15) is 0 Å². The van der Waals surface area contributed by atoms with Crippen LogP contribution in [-0.4, -0.2) is 11.9 Å². The van der Waals surface area contributed by atoms with Gasteiger partial charge in [-0.15, -0.1) is 0 Å². The van der Waals surface area contributed by atoms with Crippen LogP contribution in [0.1, 0.15) is 61.6 Å². The molecule has 1 heterocycles. The van der Waals surface area contributed by atoms with E-state index in [9.17, 15) is 4.79 Å². The second-order valence-corrected chi connectivity index (χ2v) is 9.39. The second kappa shape index (κ2) is 7.39. The van der Waals surface area contributed by atoms with Gasteiger partial charge in [-0.05, 0) is 79.8 Å². The van der Waals surface area contributed by atoms with Gasteiger partial charge >= 0.3 is 0 Å². The van der Waals surface area contributed by atoms with Crippen molar-refractivity contribution < 1.29 is 4.79 Å². The quantitative estimate of drug-likeness (QED) is 0.609. The van der Waals surface area contributed by atoms with Gasteiger partial charge in [0.2, 0.25) is 5.91 Å². The number of carbonyl (C=O) groups is 1. The van der Waals surface area contributed by atoms with Crippen LogP contribution in [0.15, 0.2) is 42.5 Å². The highest BCUT2D eigenvalue weighted by Crippen LogP contribution is 2.60. The summed E-state index contributed by atoms with van der Waals surface area (Å²) >= 11 is 12.9. The van der Waals surface area contributed by atoms with E-state index in [-0.39, 0.29) is 35.1 Å². The fourth-order valence-corrected chi connectivity index (χ4v) is 6.33. The normalized spacial score (nSPS) is 32.1. The monoisotopic (exact) mass is 415 g/mol. The predicted molar refractivity (Wildman–Crippen MR) is 116 cm³/mol. The Morgan fingerprint density at radius 3 is 2.50 bits per heavy atom. The van der Waals surface area contributed by atoms with E-state index in [1.165, 1.54) is 16.7 Å². The number of hydrogen-bond acceptors (Lipinski definition) is 1. The number of hydrogen-bond donors (Lipinski definition) is 1. The minimum atomic E-state index is -0.294. The Bertz CT molecular complexity index is 894. The van der Waals surface area contributed by atoms with Crippen LogP contribution in [0.2, 0.25) is 10.0 Å². The van der Waals surface area contributed by atoms with Crippen molar-refractivity contribution in [2.75, 3.05) is 0 Å². The maximum Gasteiger partial charge on any atom is 0.226 e. The first-order chi connectivity index (χ1) is 13.4. The van der Waals surface area contributed by atoms with Gasteiger partial charge in [0.15, 0.2) is 0 Å². The average molecular weight is 416 g/mol. The lowest BCUT2D eigenvalue weighted by atomic mass is 9.54. The highest BCUT2D eigenvalue weighted by Gasteiger charge is 2.59. The number of aryl methyl sites for hydroxylation is 1. The molecule has 4 heteroatoms. The lowest BCUT2D eigenvalue weighted by Crippen LogP contribution is -2.43. The smallest absolute Gasteiger partial charge is 0.226 e. The highest BCUT2D eigenvalue weighted by molar-refractivity contribution is 6.31. The van der Waals surface area contributed by atoms with Crippen molar-refractivity contribution >= 4 is 29.1 Å². The second-order valence-electron chi connectivity index (χ2n) is 8.55. The fraction of sp³-hybridized carbons (Fsp3) is 0.458. The number of nitrogens with one attached hydrogen (secondary N) is 1. The summed E-state index contributed by atoms with van der Waals surface area (Å²) in [4.78, 5) is 13.0. The molecule has 1 unspecified atom stereocenters. The van der Waals surface area contributed by atoms with Crippen molar-refractivity contribution in [2.24, 2.45) is 11.3 Å². The van der Waals surface area contributed by atoms with Gasteiger partial charge in [-0.3, -0.25) is 4.79 Å². The molecule has 4 rings (SSSR count). The standard InChI is InChI=1S/C24H27Cl2NO/c1-4-24-12-11-19(18-10-5-14(2)13-20(18)26)21(16-6-8-17(25)9-7-16)22(24)15(3)27-23(24)28/h5-10,13,15,19,21-22H,4,11-12H2,1-3H3,(H,27,28)/t15-,19+,21?,22+,24-/m1/s1. The zero-order valence-corrected chi connectivity index (χ0v) is 18.1. The first-order valence-corrected chi connectivity index (χ1v) is 11.0. The maximum atomic E-state index is 13.0. The lowest BCUT2D eigenvalue weighted by molar-refractivity contribution is -0.131. The van der Waals surface area contributed by atoms with Crippen LogP contribution in [0.5, 0.6) is 0 Å². The SMILES string of the molecule is CC[C@@]12CC[C@@H](c3ccc(C)cc3Cl)C(c3ccc(Cl)cc3)[C@@H]1[C@@H](C)NC2=O. The zero-order chi connectivity index (χ0) is 20.1. The number of benzene rings is 2. The number of halogens is 2. The molecule has 2 nitrogen and oxygen atoms in total. The molecule has 1 amide bonds. The average Bonchev–Trinajstić information content (AvgIpc) is 2.93. The van der Waals surface area contributed by atoms with Gasteiger partial charge in [0.1, 0.15) is 0 Å². The van der Waals surface area contributed by atoms with Gasteiger partial charge in [0.05, 0.1) is 5.41 Å². The summed E-state index contributed by atoms with van der Waals surface area (Å²) in [6.07, 6.45) is 2.73. The molecule has 2 aromatic rings. The summed E-state index contributed by atoms with van der Waals surface area (Å²) in [5.41, 5.74) is 3.32. The fourth-order valence-electron chi connectivity index (χ4n) is 5.83. The van der Waals surface area contributed by atoms with Crippen LogP contribution in [0.25, 0.3) is 0 Å². The van der Waals surface area contributed by atoms with Gasteiger partial charge < -0.3 is 5.32 Å². The summed E-state index contributed by atoms with van der Waals surface area (Å²) in [7, 11) is 0. The van der Waals surface area contributed by atoms with E-state index in [1.54, 1.807) is 0 Å². The summed E-state index contributed by atoms with van der Waals surface area (Å²) < 4.78 is 0. The lowest BCUT2D eigenvalue weighted by Gasteiger charge is -2.47. The molecule has 28 heavy (non-hydrogen) atoms. The predicted octanol–water partition coefficient (Wildman–Crippen LogP) is 6.49. The molecule has 1 aliphatic heterocycles. The third kappa shape index (κ3) is 3.06. The number of carbonyl (C=O) groups excluding carboxylic acids is 1. The van der Waals surface area contributed by atoms with Crippen LogP contribution < -0.4 is 5.32 Å². The maximum absolute atomic E-state index is 13.0. The van der Waals surface area contributed by atoms with Crippen molar-refractivity contribution in [3.63, 3.8) is 0 Å². The van der Waals surface area contributed by atoms with Crippen molar-refractivity contribution in [2.45, 2.75) is 57.9 Å². The first kappa shape index (κ1) is 19.8. The molecule has 0 aromatic heterocycles. The Labute approximate surface area is 177 Å². The Balaban J connectivity index is 1.87. The van der Waals surface area contributed by atoms with Crippen molar-refractivity contribution in [3.8, 4) is 0 Å². The third-order valence-electron chi connectivity index (χ3n) is 7.15. The molecule has 1 saturated carbocycles. The minimum absolute atomic E-state index is 0.139. The molecule has 2 aromatic carbocycles. The molecular weight excluding hydrogens is 389 g/mol. The van der Waals surface area contributed by atoms with E-state index in [4.69, 9.17) is 23.2 Å². The Kier molecular flexibility index (Phi) is 5.22. The third-order valence-corrected chi connectivity index (χ3v) is 7.73. The van der Waals surface area contributed by atoms with Crippen molar-refractivity contribution in [1.29, 1.82) is 0 Å². The first-order valence-electron chi connectivity index (χ1n) is 10.2. The van der Waals surface area contributed by atoms with Crippen molar-refractivity contribution in [3.05, 3.63) is 69.2 Å². The number of rotatable bonds is 3. The molecule has 5 atom stereocenters. The van der Waals surface area contributed by atoms with Crippen LogP contribution >= 0.6 is 23.2 Å². The van der Waals surface area contributed by atoms with E-state index >= 15 is 0 Å². The van der Waals surface area contributed by atoms with Gasteiger partial charge in [-0.25, -0.2) is 0 Å². The number of amides is 1. The number of fused-ring (bicyclic) bond motifs is 1. The Morgan fingerprint density at radius 1 is 1.14 bits per heavy atom. The largest absolute Gasteiger partial charge is 0.353 e. The summed E-state index contributed by atoms with van der Waals surface area (Å²) in [5, 5.41) is 4.83. The van der Waals surface area contributed by atoms with Crippen LogP contribution in [0.4, 0.5) is 0 Å². The van der Waals surface area contributed by atoms with Gasteiger partial charge in [0.25, 0.3) is 0 Å². The Morgan fingerprint density at radius 2 is 1.86 bits per heavy atom. The molecule has 1 saturated heterocycles. The summed E-state index contributed by atoms with van der Waals surface area (Å²) in [5.74, 6) is 0.969. The molecule has 0 spiro atoms. The van der Waals surface area contributed by atoms with Crippen LogP contribution in [0, 0.1) is 18.3 Å². The molecule has 0 radical (unpaired) electrons. The van der Waals surface area contributed by atoms with Crippen LogP contribution in [0.3, 0.4) is 0 Å².